The topological polar surface area (TPSA) is 38.0 Å². The van der Waals surface area contributed by atoms with E-state index in [1.807, 2.05) is 6.07 Å². The molecule has 0 fully saturated rings. The number of nitrogens with one attached hydrogen (secondary N) is 1. The molecule has 1 aromatic heterocycles. The van der Waals surface area contributed by atoms with Crippen molar-refractivity contribution >= 4 is 59.1 Å². The Labute approximate surface area is 144 Å². The second kappa shape index (κ2) is 6.93. The molecule has 1 aromatic carbocycles. The van der Waals surface area contributed by atoms with Gasteiger partial charge in [0, 0.05) is 5.56 Å². The molecule has 2 nitrogen and oxygen atoms in total. The lowest BCUT2D eigenvalue weighted by Crippen LogP contribution is -2.30. The van der Waals surface area contributed by atoms with E-state index in [4.69, 9.17) is 5.84 Å². The Kier molecular flexibility index (Phi) is 5.72. The molecule has 1 heterocycles. The molecule has 1 unspecified atom stereocenters. The number of rotatable bonds is 4. The molecule has 0 aliphatic heterocycles. The molecule has 2 aromatic rings. The SMILES string of the molecule is NNC(Cc1c(F)ccc(Br)c1F)c1cc(Br)sc1Br. The molecular weight excluding hydrogens is 482 g/mol. The van der Waals surface area contributed by atoms with Crippen LogP contribution >= 0.6 is 59.1 Å². The number of benzene rings is 1. The van der Waals surface area contributed by atoms with E-state index < -0.39 is 17.7 Å². The standard InChI is InChI=1S/C12H9Br3F2N2S/c13-7-1-2-8(16)5(11(7)17)3-9(19-18)6-4-10(14)20-12(6)15/h1-2,4,9,19H,3,18H2. The molecule has 0 saturated heterocycles. The van der Waals surface area contributed by atoms with Crippen LogP contribution in [0, 0.1) is 11.6 Å². The summed E-state index contributed by atoms with van der Waals surface area (Å²) in [6.45, 7) is 0. The number of halogens is 5. The maximum atomic E-state index is 14.0. The van der Waals surface area contributed by atoms with Crippen molar-refractivity contribution in [2.24, 2.45) is 5.84 Å². The minimum Gasteiger partial charge on any atom is -0.271 e. The summed E-state index contributed by atoms with van der Waals surface area (Å²) in [5, 5.41) is 0. The first-order valence-corrected chi connectivity index (χ1v) is 8.66. The van der Waals surface area contributed by atoms with Crippen molar-refractivity contribution in [1.29, 1.82) is 0 Å². The fourth-order valence-corrected chi connectivity index (χ4v) is 5.15. The van der Waals surface area contributed by atoms with E-state index in [9.17, 15) is 8.78 Å². The maximum absolute atomic E-state index is 14.0. The van der Waals surface area contributed by atoms with Gasteiger partial charge in [0.05, 0.1) is 18.1 Å². The zero-order chi connectivity index (χ0) is 14.9. The van der Waals surface area contributed by atoms with Gasteiger partial charge < -0.3 is 0 Å². The van der Waals surface area contributed by atoms with Crippen LogP contribution in [0.25, 0.3) is 0 Å². The second-order valence-corrected chi connectivity index (χ2v) is 8.63. The molecular formula is C12H9Br3F2N2S. The number of hydrogen-bond acceptors (Lipinski definition) is 3. The monoisotopic (exact) mass is 488 g/mol. The Balaban J connectivity index is 2.36. The molecule has 0 radical (unpaired) electrons. The van der Waals surface area contributed by atoms with E-state index in [1.54, 1.807) is 0 Å². The van der Waals surface area contributed by atoms with Crippen molar-refractivity contribution in [2.75, 3.05) is 0 Å². The molecule has 0 aliphatic carbocycles. The third-order valence-electron chi connectivity index (χ3n) is 2.81. The quantitative estimate of drug-likeness (QED) is 0.357. The largest absolute Gasteiger partial charge is 0.271 e. The smallest absolute Gasteiger partial charge is 0.143 e. The van der Waals surface area contributed by atoms with Gasteiger partial charge in [0.25, 0.3) is 0 Å². The number of hydrogen-bond donors (Lipinski definition) is 2. The summed E-state index contributed by atoms with van der Waals surface area (Å²) in [6, 6.07) is 4.04. The molecule has 0 aliphatic rings. The lowest BCUT2D eigenvalue weighted by atomic mass is 10.0. The summed E-state index contributed by atoms with van der Waals surface area (Å²) in [4.78, 5) is 0. The van der Waals surface area contributed by atoms with Gasteiger partial charge in [0.1, 0.15) is 11.6 Å². The van der Waals surface area contributed by atoms with Crippen LogP contribution < -0.4 is 11.3 Å². The molecule has 108 valence electrons. The first-order valence-electron chi connectivity index (χ1n) is 5.47. The van der Waals surface area contributed by atoms with Gasteiger partial charge in [-0.1, -0.05) is 0 Å². The average Bonchev–Trinajstić information content (AvgIpc) is 2.74. The van der Waals surface area contributed by atoms with E-state index in [-0.39, 0.29) is 16.5 Å². The molecule has 8 heteroatoms. The predicted octanol–water partition coefficient (Wildman–Crippen LogP) is 5.06. The van der Waals surface area contributed by atoms with Crippen LogP contribution in [0.4, 0.5) is 8.78 Å². The molecule has 20 heavy (non-hydrogen) atoms. The van der Waals surface area contributed by atoms with Crippen LogP contribution in [-0.4, -0.2) is 0 Å². The highest BCUT2D eigenvalue weighted by Gasteiger charge is 2.21. The highest BCUT2D eigenvalue weighted by atomic mass is 79.9. The van der Waals surface area contributed by atoms with Gasteiger partial charge >= 0.3 is 0 Å². The Morgan fingerprint density at radius 3 is 2.50 bits per heavy atom. The zero-order valence-corrected chi connectivity index (χ0v) is 15.5. The fraction of sp³-hybridized carbons (Fsp3) is 0.167. The van der Waals surface area contributed by atoms with Crippen LogP contribution in [0.5, 0.6) is 0 Å². The minimum absolute atomic E-state index is 0.00320. The molecule has 0 amide bonds. The third kappa shape index (κ3) is 3.48. The summed E-state index contributed by atoms with van der Waals surface area (Å²) in [6.07, 6.45) is 0.107. The van der Waals surface area contributed by atoms with E-state index >= 15 is 0 Å². The molecule has 0 bridgehead atoms. The highest BCUT2D eigenvalue weighted by Crippen LogP contribution is 2.37. The fourth-order valence-electron chi connectivity index (χ4n) is 1.81. The van der Waals surface area contributed by atoms with Gasteiger partial charge in [0.15, 0.2) is 0 Å². The van der Waals surface area contributed by atoms with Crippen LogP contribution in [-0.2, 0) is 6.42 Å². The summed E-state index contributed by atoms with van der Waals surface area (Å²) in [7, 11) is 0. The molecule has 1 atom stereocenters. The second-order valence-electron chi connectivity index (χ2n) is 4.02. The van der Waals surface area contributed by atoms with Crippen LogP contribution in [0.1, 0.15) is 17.2 Å². The Morgan fingerprint density at radius 1 is 1.25 bits per heavy atom. The average molecular weight is 491 g/mol. The van der Waals surface area contributed by atoms with Gasteiger partial charge in [-0.05, 0) is 78.0 Å². The van der Waals surface area contributed by atoms with Crippen molar-refractivity contribution in [2.45, 2.75) is 12.5 Å². The number of nitrogens with two attached hydrogens (primary N) is 1. The van der Waals surface area contributed by atoms with Crippen LogP contribution in [0.3, 0.4) is 0 Å². The predicted molar refractivity (Wildman–Crippen MR) is 87.5 cm³/mol. The first-order chi connectivity index (χ1) is 9.43. The summed E-state index contributed by atoms with van der Waals surface area (Å²) in [5.74, 6) is 4.34. The third-order valence-corrected chi connectivity index (χ3v) is 5.81. The summed E-state index contributed by atoms with van der Waals surface area (Å²) < 4.78 is 29.8. The Hall–Kier alpha value is 0.140. The summed E-state index contributed by atoms with van der Waals surface area (Å²) >= 11 is 11.3. The van der Waals surface area contributed by atoms with E-state index in [0.29, 0.717) is 0 Å². The molecule has 2 rings (SSSR count). The van der Waals surface area contributed by atoms with Crippen molar-refractivity contribution in [3.63, 3.8) is 0 Å². The van der Waals surface area contributed by atoms with Gasteiger partial charge in [-0.3, -0.25) is 11.3 Å². The van der Waals surface area contributed by atoms with Crippen molar-refractivity contribution < 1.29 is 8.78 Å². The lowest BCUT2D eigenvalue weighted by Gasteiger charge is -2.17. The molecule has 3 N–H and O–H groups in total. The van der Waals surface area contributed by atoms with Gasteiger partial charge in [-0.15, -0.1) is 11.3 Å². The van der Waals surface area contributed by atoms with E-state index in [2.05, 4.69) is 53.2 Å². The number of hydrazine groups is 1. The van der Waals surface area contributed by atoms with E-state index in [1.165, 1.54) is 23.5 Å². The van der Waals surface area contributed by atoms with Crippen LogP contribution in [0.15, 0.2) is 30.2 Å². The van der Waals surface area contributed by atoms with Crippen LogP contribution in [0.2, 0.25) is 0 Å². The maximum Gasteiger partial charge on any atom is 0.143 e. The highest BCUT2D eigenvalue weighted by molar-refractivity contribution is 9.12. The van der Waals surface area contributed by atoms with E-state index in [0.717, 1.165) is 13.1 Å². The minimum atomic E-state index is -0.601. The van der Waals surface area contributed by atoms with Gasteiger partial charge in [-0.2, -0.15) is 0 Å². The van der Waals surface area contributed by atoms with Gasteiger partial charge in [0.2, 0.25) is 0 Å². The zero-order valence-electron chi connectivity index (χ0n) is 9.89. The number of thiophene rings is 1. The first kappa shape index (κ1) is 16.5. The van der Waals surface area contributed by atoms with Crippen molar-refractivity contribution in [3.05, 3.63) is 53.0 Å². The summed E-state index contributed by atoms with van der Waals surface area (Å²) in [5.41, 5.74) is 3.45. The van der Waals surface area contributed by atoms with Crippen molar-refractivity contribution in [1.82, 2.24) is 5.43 Å². The Bertz CT molecular complexity index is 633. The van der Waals surface area contributed by atoms with Crippen molar-refractivity contribution in [3.8, 4) is 0 Å². The Morgan fingerprint density at radius 2 is 1.95 bits per heavy atom. The normalized spacial score (nSPS) is 12.7. The molecule has 0 saturated carbocycles. The molecule has 0 spiro atoms. The lowest BCUT2D eigenvalue weighted by molar-refractivity contribution is 0.498. The van der Waals surface area contributed by atoms with Gasteiger partial charge in [-0.25, -0.2) is 8.78 Å².